The molecule has 0 atom stereocenters. The van der Waals surface area contributed by atoms with Crippen LogP contribution in [0.3, 0.4) is 0 Å². The monoisotopic (exact) mass is 1840 g/mol. The van der Waals surface area contributed by atoms with Crippen molar-refractivity contribution >= 4 is 75.4 Å². The quantitative estimate of drug-likeness (QED) is 0.0839. The van der Waals surface area contributed by atoms with E-state index in [0.29, 0.717) is 17.5 Å². The number of aromatic nitrogens is 7. The molecule has 0 N–H and O–H groups in total. The number of hydrogen-bond acceptors (Lipinski definition) is 8. The van der Waals surface area contributed by atoms with Gasteiger partial charge in [-0.2, -0.15) is 0 Å². The van der Waals surface area contributed by atoms with E-state index in [4.69, 9.17) is 34.9 Å². The molecule has 7 nitrogen and oxygen atoms in total. The van der Waals surface area contributed by atoms with Gasteiger partial charge in [0.15, 0.2) is 17.5 Å². The highest BCUT2D eigenvalue weighted by Crippen LogP contribution is 2.47. The standard InChI is InChI=1S/C48H32N2.C46H30N2.C41H27N3S/c1-4-13-35(14-5-1)45-46(36-15-6-2-7-16-36)49-48(38-17-8-3-9-18-38)50-47(45)37-23-20-34(21-24-37)40-26-27-43-32-44(29-28-42(43)31-40)41-25-22-33-12-10-11-19-39(33)30-41;1-4-14-32(15-5-1)43-44(33-16-6-2-7-17-33)47-46(35-18-8-3-9-19-35)48-45(43)34-26-24-31(25-27-34)36-28-29-41-39-22-11-10-20-37(39)38-21-12-13-23-40(38)42(41)30-36;1-4-12-30(13-5-1)37-38(31-14-6-2-7-15-31)43-40(33-16-8-3-9-17-33)44-39(37)32-24-20-28(21-25-32)29-22-26-34(27-23-29)41-42-35-18-10-11-19-36(35)45-41/h1-32H;1-30H;1-27H. The molecule has 0 bridgehead atoms. The van der Waals surface area contributed by atoms with Crippen LogP contribution in [0.15, 0.2) is 540 Å². The topological polar surface area (TPSA) is 90.2 Å². The predicted octanol–water partition coefficient (Wildman–Crippen LogP) is 36.1. The van der Waals surface area contributed by atoms with Gasteiger partial charge >= 0.3 is 0 Å². The summed E-state index contributed by atoms with van der Waals surface area (Å²) in [6.07, 6.45) is 0. The number of benzene rings is 22. The summed E-state index contributed by atoms with van der Waals surface area (Å²) in [7, 11) is 0. The van der Waals surface area contributed by atoms with E-state index in [1.54, 1.807) is 11.3 Å². The van der Waals surface area contributed by atoms with Crippen LogP contribution in [-0.4, -0.2) is 34.9 Å². The Morgan fingerprint density at radius 3 is 0.685 bits per heavy atom. The van der Waals surface area contributed by atoms with Crippen LogP contribution in [0.5, 0.6) is 0 Å². The molecule has 0 saturated carbocycles. The highest BCUT2D eigenvalue weighted by atomic mass is 32.1. The Hall–Kier alpha value is -18.7. The molecule has 0 radical (unpaired) electrons. The molecule has 4 aromatic heterocycles. The Kier molecular flexibility index (Phi) is 24.0. The highest BCUT2D eigenvalue weighted by molar-refractivity contribution is 7.21. The molecule has 0 amide bonds. The first-order valence-electron chi connectivity index (χ1n) is 48.3. The summed E-state index contributed by atoms with van der Waals surface area (Å²) in [4.78, 5) is 36.2. The average molecular weight is 1840 g/mol. The van der Waals surface area contributed by atoms with Crippen molar-refractivity contribution in [2.45, 2.75) is 0 Å². The minimum Gasteiger partial charge on any atom is -0.236 e. The maximum atomic E-state index is 5.27. The van der Waals surface area contributed by atoms with Crippen LogP contribution in [-0.2, 0) is 0 Å². The van der Waals surface area contributed by atoms with Crippen molar-refractivity contribution in [2.24, 2.45) is 0 Å². The summed E-state index contributed by atoms with van der Waals surface area (Å²) in [5, 5.41) is 13.7. The molecule has 143 heavy (non-hydrogen) atoms. The van der Waals surface area contributed by atoms with Crippen molar-refractivity contribution in [1.82, 2.24) is 34.9 Å². The van der Waals surface area contributed by atoms with E-state index < -0.39 is 0 Å². The van der Waals surface area contributed by atoms with Gasteiger partial charge in [-0.25, -0.2) is 34.9 Å². The number of para-hydroxylation sites is 1. The minimum absolute atomic E-state index is 0.707. The second-order valence-corrected chi connectivity index (χ2v) is 36.7. The van der Waals surface area contributed by atoms with Crippen molar-refractivity contribution in [3.8, 4) is 190 Å². The number of hydrogen-bond donors (Lipinski definition) is 0. The van der Waals surface area contributed by atoms with E-state index in [2.05, 4.69) is 449 Å². The van der Waals surface area contributed by atoms with Crippen LogP contribution < -0.4 is 0 Å². The molecule has 8 heteroatoms. The lowest BCUT2D eigenvalue weighted by atomic mass is 9.91. The van der Waals surface area contributed by atoms with Crippen molar-refractivity contribution < 1.29 is 0 Å². The van der Waals surface area contributed by atoms with Gasteiger partial charge in [0.25, 0.3) is 0 Å². The molecule has 670 valence electrons. The van der Waals surface area contributed by atoms with Crippen molar-refractivity contribution in [1.29, 1.82) is 0 Å². The van der Waals surface area contributed by atoms with E-state index in [9.17, 15) is 0 Å². The van der Waals surface area contributed by atoms with E-state index >= 15 is 0 Å². The third kappa shape index (κ3) is 18.0. The van der Waals surface area contributed by atoms with Crippen LogP contribution in [0.4, 0.5) is 0 Å². The normalized spacial score (nSPS) is 11.2. The van der Waals surface area contributed by atoms with Crippen molar-refractivity contribution in [2.75, 3.05) is 0 Å². The van der Waals surface area contributed by atoms with Gasteiger partial charge in [0.2, 0.25) is 0 Å². The molecule has 0 aliphatic heterocycles. The fourth-order valence-electron chi connectivity index (χ4n) is 19.5. The molecule has 0 aliphatic rings. The van der Waals surface area contributed by atoms with Crippen LogP contribution in [0.2, 0.25) is 0 Å². The minimum atomic E-state index is 0.707. The van der Waals surface area contributed by atoms with Gasteiger partial charge < -0.3 is 0 Å². The summed E-state index contributed by atoms with van der Waals surface area (Å²) in [6.45, 7) is 0. The molecule has 0 spiro atoms. The summed E-state index contributed by atoms with van der Waals surface area (Å²) < 4.78 is 1.21. The Balaban J connectivity index is 0.000000116. The molecule has 26 rings (SSSR count). The molecule has 22 aromatic carbocycles. The fraction of sp³-hybridized carbons (Fsp3) is 0. The number of thiazole rings is 1. The maximum absolute atomic E-state index is 5.27. The third-order valence-corrected chi connectivity index (χ3v) is 27.8. The summed E-state index contributed by atoms with van der Waals surface area (Å²) in [5.74, 6) is 2.13. The lowest BCUT2D eigenvalue weighted by Crippen LogP contribution is -2.00. The van der Waals surface area contributed by atoms with Gasteiger partial charge in [0, 0.05) is 72.3 Å². The lowest BCUT2D eigenvalue weighted by Gasteiger charge is -2.17. The van der Waals surface area contributed by atoms with Crippen LogP contribution >= 0.6 is 11.3 Å². The number of nitrogens with zero attached hydrogens (tertiary/aromatic N) is 7. The van der Waals surface area contributed by atoms with Gasteiger partial charge in [0.05, 0.1) is 44.4 Å². The average Bonchev–Trinajstić information content (AvgIpc) is 0.790. The zero-order valence-electron chi connectivity index (χ0n) is 77.9. The summed E-state index contributed by atoms with van der Waals surface area (Å²) in [6, 6.07) is 190. The molecular weight excluding hydrogens is 1750 g/mol. The molecule has 4 heterocycles. The zero-order valence-corrected chi connectivity index (χ0v) is 78.7. The largest absolute Gasteiger partial charge is 0.236 e. The smallest absolute Gasteiger partial charge is 0.160 e. The van der Waals surface area contributed by atoms with Gasteiger partial charge in [-0.15, -0.1) is 11.3 Å². The van der Waals surface area contributed by atoms with Gasteiger partial charge in [-0.3, -0.25) is 0 Å². The number of fused-ring (bicyclic) bond motifs is 9. The maximum Gasteiger partial charge on any atom is 0.160 e. The molecule has 0 saturated heterocycles. The van der Waals surface area contributed by atoms with E-state index in [0.717, 1.165) is 150 Å². The summed E-state index contributed by atoms with van der Waals surface area (Å²) in [5.41, 5.74) is 32.7. The van der Waals surface area contributed by atoms with E-state index in [1.165, 1.54) is 86.4 Å². The first-order valence-corrected chi connectivity index (χ1v) is 49.1. The molecule has 0 fully saturated rings. The Morgan fingerprint density at radius 1 is 0.126 bits per heavy atom. The van der Waals surface area contributed by atoms with Crippen molar-refractivity contribution in [3.05, 3.63) is 540 Å². The van der Waals surface area contributed by atoms with Crippen LogP contribution in [0, 0.1) is 0 Å². The predicted molar refractivity (Wildman–Crippen MR) is 599 cm³/mol. The molecule has 0 aliphatic carbocycles. The van der Waals surface area contributed by atoms with E-state index in [-0.39, 0.29) is 0 Å². The second-order valence-electron chi connectivity index (χ2n) is 35.6. The third-order valence-electron chi connectivity index (χ3n) is 26.7. The van der Waals surface area contributed by atoms with Gasteiger partial charge in [-0.1, -0.05) is 504 Å². The summed E-state index contributed by atoms with van der Waals surface area (Å²) >= 11 is 1.73. The zero-order chi connectivity index (χ0) is 95.1. The lowest BCUT2D eigenvalue weighted by molar-refractivity contribution is 1.18. The SMILES string of the molecule is c1ccc(-c2nc(-c3ccccc3)c(-c3ccccc3)c(-c3ccc(-c4ccc(-c5nc6ccccc6s5)cc4)cc3)n2)cc1.c1ccc(-c2nc(-c3ccccc3)c(-c3ccccc3)c(-c3ccc(-c4ccc5c6ccccc6c6ccccc6c5c4)cc3)n2)cc1.c1ccc(-c2nc(-c3ccccc3)c(-c3ccccc3)c(-c3ccc(-c4ccc5cc(-c6ccc7ccccc7c6)ccc5c4)cc3)n2)cc1. The van der Waals surface area contributed by atoms with E-state index in [1.807, 2.05) is 91.0 Å². The molecule has 0 unspecified atom stereocenters. The first kappa shape index (κ1) is 87.1. The Morgan fingerprint density at radius 2 is 0.343 bits per heavy atom. The van der Waals surface area contributed by atoms with Gasteiger partial charge in [0.1, 0.15) is 5.01 Å². The molecular formula is C135H89N7S. The molecule has 26 aromatic rings. The van der Waals surface area contributed by atoms with Crippen molar-refractivity contribution in [3.63, 3.8) is 0 Å². The second kappa shape index (κ2) is 39.4. The Bertz CT molecular complexity index is 9030. The number of rotatable bonds is 17. The first-order chi connectivity index (χ1) is 70.9. The highest BCUT2D eigenvalue weighted by Gasteiger charge is 2.26. The van der Waals surface area contributed by atoms with Crippen LogP contribution in [0.1, 0.15) is 0 Å². The van der Waals surface area contributed by atoms with Gasteiger partial charge in [-0.05, 0) is 151 Å². The fourth-order valence-corrected chi connectivity index (χ4v) is 20.5. The Labute approximate surface area is 834 Å². The van der Waals surface area contributed by atoms with Crippen LogP contribution in [0.25, 0.3) is 254 Å².